The van der Waals surface area contributed by atoms with Gasteiger partial charge >= 0.3 is 0 Å². The number of aliphatic imine (C=N–C) groups is 1. The average molecular weight is 591 g/mol. The first-order valence-electron chi connectivity index (χ1n) is 13.6. The molecule has 208 valence electrons. The van der Waals surface area contributed by atoms with Crippen LogP contribution in [0, 0.1) is 5.92 Å². The van der Waals surface area contributed by atoms with Gasteiger partial charge in [0.15, 0.2) is 0 Å². The van der Waals surface area contributed by atoms with Crippen molar-refractivity contribution >= 4 is 50.4 Å². The van der Waals surface area contributed by atoms with Crippen molar-refractivity contribution in [3.63, 3.8) is 0 Å². The molecule has 3 heterocycles. The number of hydrogen-bond donors (Lipinski definition) is 3. The van der Waals surface area contributed by atoms with E-state index < -0.39 is 0 Å². The fourth-order valence-corrected chi connectivity index (χ4v) is 8.89. The number of phenolic OH excluding ortho intramolecular Hbond substituents is 1. The molecule has 1 amide bonds. The van der Waals surface area contributed by atoms with Gasteiger partial charge in [-0.15, -0.1) is 11.3 Å². The lowest BCUT2D eigenvalue weighted by molar-refractivity contribution is 0.0950. The van der Waals surface area contributed by atoms with Crippen molar-refractivity contribution in [2.45, 2.75) is 37.4 Å². The number of aromatic hydroxyl groups is 1. The van der Waals surface area contributed by atoms with Crippen LogP contribution in [0.5, 0.6) is 5.75 Å². The molecule has 0 radical (unpaired) electrons. The number of para-hydroxylation sites is 1. The molecule has 1 aliphatic rings. The molecule has 40 heavy (non-hydrogen) atoms. The highest BCUT2D eigenvalue weighted by molar-refractivity contribution is 8.77. The molecule has 1 fully saturated rings. The molecule has 2 atom stereocenters. The number of hydrogen-bond acceptors (Lipinski definition) is 6. The Bertz CT molecular complexity index is 1410. The van der Waals surface area contributed by atoms with Crippen molar-refractivity contribution < 1.29 is 9.90 Å². The molecule has 9 heteroatoms. The number of thiophene rings is 1. The monoisotopic (exact) mass is 590 g/mol. The summed E-state index contributed by atoms with van der Waals surface area (Å²) >= 11 is 1.59. The Morgan fingerprint density at radius 2 is 1.95 bits per heavy atom. The summed E-state index contributed by atoms with van der Waals surface area (Å²) < 4.78 is 2.17. The predicted molar refractivity (Wildman–Crippen MR) is 170 cm³/mol. The lowest BCUT2D eigenvalue weighted by Crippen LogP contribution is -2.25. The summed E-state index contributed by atoms with van der Waals surface area (Å²) in [5.74, 6) is 2.03. The van der Waals surface area contributed by atoms with Gasteiger partial charge in [0.2, 0.25) is 0 Å². The number of nitrogens with one attached hydrogen (secondary N) is 1. The normalized spacial score (nSPS) is 16.2. The Morgan fingerprint density at radius 1 is 1.10 bits per heavy atom. The van der Waals surface area contributed by atoms with Crippen molar-refractivity contribution in [2.75, 3.05) is 12.3 Å². The molecule has 2 aromatic carbocycles. The molecule has 2 aromatic heterocycles. The zero-order chi connectivity index (χ0) is 27.7. The number of nitrogens with zero attached hydrogens (tertiary/aromatic N) is 2. The fourth-order valence-electron chi connectivity index (χ4n) is 5.03. The molecule has 2 unspecified atom stereocenters. The standard InChI is InChI=1S/C31H34N4O2S3/c32-30(29-11-7-18-38-29)34-24-12-13-26(35-16-5-6-17-35)23(21-24)20-22(28-14-19-39-40-28)8-3-4-15-33-31(37)25-9-1-2-10-27(25)36/h1-2,5-7,9-13,16-18,21-22,28,36H,3-4,8,14-15,19-20H2,(H2,32,34)(H,33,37). The Labute approximate surface area is 247 Å². The topological polar surface area (TPSA) is 92.6 Å². The summed E-state index contributed by atoms with van der Waals surface area (Å²) in [5.41, 5.74) is 9.96. The van der Waals surface area contributed by atoms with E-state index in [0.717, 1.165) is 36.2 Å². The largest absolute Gasteiger partial charge is 0.507 e. The van der Waals surface area contributed by atoms with E-state index in [1.807, 2.05) is 45.2 Å². The Morgan fingerprint density at radius 3 is 2.70 bits per heavy atom. The number of amides is 1. The van der Waals surface area contributed by atoms with Crippen LogP contribution in [0.25, 0.3) is 5.69 Å². The zero-order valence-corrected chi connectivity index (χ0v) is 24.7. The fraction of sp³-hybridized carbons (Fsp3) is 0.290. The van der Waals surface area contributed by atoms with Crippen molar-refractivity contribution in [1.82, 2.24) is 9.88 Å². The van der Waals surface area contributed by atoms with E-state index >= 15 is 0 Å². The third-order valence-corrected chi connectivity index (χ3v) is 11.0. The lowest BCUT2D eigenvalue weighted by atomic mass is 9.89. The van der Waals surface area contributed by atoms with E-state index in [4.69, 9.17) is 10.7 Å². The quantitative estimate of drug-likeness (QED) is 0.0703. The molecule has 4 aromatic rings. The van der Waals surface area contributed by atoms with Gasteiger partial charge in [0.05, 0.1) is 16.1 Å². The van der Waals surface area contributed by atoms with E-state index in [2.05, 4.69) is 46.5 Å². The molecule has 1 aliphatic heterocycles. The van der Waals surface area contributed by atoms with Crippen LogP contribution in [0.2, 0.25) is 0 Å². The molecule has 0 saturated carbocycles. The van der Waals surface area contributed by atoms with Crippen molar-refractivity contribution in [3.8, 4) is 11.4 Å². The number of amidine groups is 1. The minimum atomic E-state index is -0.229. The maximum absolute atomic E-state index is 12.4. The average Bonchev–Trinajstić information content (AvgIpc) is 3.76. The number of benzene rings is 2. The molecule has 0 bridgehead atoms. The first-order valence-corrected chi connectivity index (χ1v) is 16.8. The minimum Gasteiger partial charge on any atom is -0.507 e. The van der Waals surface area contributed by atoms with Gasteiger partial charge in [-0.25, -0.2) is 4.99 Å². The molecule has 1 saturated heterocycles. The lowest BCUT2D eigenvalue weighted by Gasteiger charge is -2.24. The molecular weight excluding hydrogens is 557 g/mol. The maximum Gasteiger partial charge on any atom is 0.255 e. The van der Waals surface area contributed by atoms with Crippen LogP contribution in [0.15, 0.2) is 89.5 Å². The van der Waals surface area contributed by atoms with Gasteiger partial charge in [-0.05, 0) is 91.1 Å². The Hall–Kier alpha value is -3.14. The smallest absolute Gasteiger partial charge is 0.255 e. The van der Waals surface area contributed by atoms with E-state index in [9.17, 15) is 9.90 Å². The van der Waals surface area contributed by atoms with Gasteiger partial charge in [-0.1, -0.05) is 46.2 Å². The number of carbonyl (C=O) groups is 1. The Kier molecular flexibility index (Phi) is 9.91. The van der Waals surface area contributed by atoms with Gasteiger partial charge in [-0.3, -0.25) is 4.79 Å². The van der Waals surface area contributed by atoms with Crippen LogP contribution in [-0.2, 0) is 6.42 Å². The highest BCUT2D eigenvalue weighted by Gasteiger charge is 2.27. The molecular formula is C31H34N4O2S3. The number of unbranched alkanes of at least 4 members (excludes halogenated alkanes) is 1. The molecule has 5 rings (SSSR count). The number of rotatable bonds is 12. The van der Waals surface area contributed by atoms with Gasteiger partial charge in [-0.2, -0.15) is 0 Å². The van der Waals surface area contributed by atoms with E-state index in [1.165, 1.54) is 29.5 Å². The third kappa shape index (κ3) is 7.33. The molecule has 4 N–H and O–H groups in total. The summed E-state index contributed by atoms with van der Waals surface area (Å²) in [4.78, 5) is 18.2. The zero-order valence-electron chi connectivity index (χ0n) is 22.2. The van der Waals surface area contributed by atoms with Gasteiger partial charge < -0.3 is 20.7 Å². The van der Waals surface area contributed by atoms with Gasteiger partial charge in [0, 0.05) is 35.6 Å². The SMILES string of the molecule is NC(=Nc1ccc(-n2cccc2)c(CC(CCCCNC(=O)c2ccccc2O)C2CCSS2)c1)c1cccs1. The van der Waals surface area contributed by atoms with Crippen LogP contribution in [0.3, 0.4) is 0 Å². The van der Waals surface area contributed by atoms with Gasteiger partial charge in [0.1, 0.15) is 11.6 Å². The van der Waals surface area contributed by atoms with Crippen LogP contribution < -0.4 is 11.1 Å². The summed E-state index contributed by atoms with van der Waals surface area (Å²) in [6.45, 7) is 0.591. The summed E-state index contributed by atoms with van der Waals surface area (Å²) in [6, 6.07) is 21.1. The second-order valence-electron chi connectivity index (χ2n) is 9.86. The molecule has 0 spiro atoms. The highest BCUT2D eigenvalue weighted by atomic mass is 33.1. The van der Waals surface area contributed by atoms with Gasteiger partial charge in [0.25, 0.3) is 5.91 Å². The highest BCUT2D eigenvalue weighted by Crippen LogP contribution is 2.44. The minimum absolute atomic E-state index is 0.0121. The second kappa shape index (κ2) is 14.0. The Balaban J connectivity index is 1.28. The predicted octanol–water partition coefficient (Wildman–Crippen LogP) is 7.19. The molecule has 6 nitrogen and oxygen atoms in total. The van der Waals surface area contributed by atoms with Crippen LogP contribution in [-0.4, -0.2) is 39.0 Å². The van der Waals surface area contributed by atoms with Crippen molar-refractivity contribution in [2.24, 2.45) is 16.6 Å². The van der Waals surface area contributed by atoms with Crippen LogP contribution in [0.1, 0.15) is 46.5 Å². The maximum atomic E-state index is 12.4. The number of aromatic nitrogens is 1. The molecule has 0 aliphatic carbocycles. The number of nitrogens with two attached hydrogens (primary N) is 1. The second-order valence-corrected chi connectivity index (χ2v) is 13.5. The summed E-state index contributed by atoms with van der Waals surface area (Å²) in [6.07, 6.45) is 9.35. The van der Waals surface area contributed by atoms with E-state index in [0.29, 0.717) is 29.1 Å². The van der Waals surface area contributed by atoms with E-state index in [-0.39, 0.29) is 11.7 Å². The van der Waals surface area contributed by atoms with Crippen molar-refractivity contribution in [3.05, 3.63) is 101 Å². The number of carbonyl (C=O) groups excluding carboxylic acids is 1. The van der Waals surface area contributed by atoms with E-state index in [1.54, 1.807) is 29.5 Å². The van der Waals surface area contributed by atoms with Crippen LogP contribution in [0.4, 0.5) is 5.69 Å². The third-order valence-electron chi connectivity index (χ3n) is 7.09. The first kappa shape index (κ1) is 28.4. The van der Waals surface area contributed by atoms with Crippen molar-refractivity contribution in [1.29, 1.82) is 0 Å². The first-order chi connectivity index (χ1) is 19.6. The van der Waals surface area contributed by atoms with Crippen LogP contribution >= 0.6 is 32.9 Å². The number of phenols is 1. The summed E-state index contributed by atoms with van der Waals surface area (Å²) in [5, 5.41) is 15.5. The summed E-state index contributed by atoms with van der Waals surface area (Å²) in [7, 11) is 3.99.